The third-order valence-electron chi connectivity index (χ3n) is 5.69. The van der Waals surface area contributed by atoms with Gasteiger partial charge in [0.15, 0.2) is 6.10 Å². The van der Waals surface area contributed by atoms with Crippen molar-refractivity contribution in [1.29, 1.82) is 5.26 Å². The van der Waals surface area contributed by atoms with Gasteiger partial charge in [-0.2, -0.15) is 18.4 Å². The lowest BCUT2D eigenvalue weighted by molar-refractivity contribution is -0.207. The third kappa shape index (κ3) is 3.04. The molecule has 142 valence electrons. The molecule has 1 atom stereocenters. The van der Waals surface area contributed by atoms with Crippen LogP contribution in [0, 0.1) is 16.7 Å². The zero-order valence-corrected chi connectivity index (χ0v) is 14.3. The molecule has 2 aromatic rings. The minimum absolute atomic E-state index is 0.132. The average Bonchev–Trinajstić information content (AvgIpc) is 3.39. The van der Waals surface area contributed by atoms with E-state index < -0.39 is 23.5 Å². The molecule has 6 nitrogen and oxygen atoms in total. The van der Waals surface area contributed by atoms with Gasteiger partial charge in [-0.05, 0) is 37.2 Å². The molecule has 2 aliphatic rings. The molecule has 0 bridgehead atoms. The number of aliphatic hydroxyl groups is 1. The van der Waals surface area contributed by atoms with Gasteiger partial charge >= 0.3 is 6.18 Å². The summed E-state index contributed by atoms with van der Waals surface area (Å²) >= 11 is 0. The zero-order valence-electron chi connectivity index (χ0n) is 14.3. The number of pyridine rings is 2. The van der Waals surface area contributed by atoms with Crippen LogP contribution in [-0.2, 0) is 0 Å². The van der Waals surface area contributed by atoms with Crippen LogP contribution >= 0.6 is 0 Å². The van der Waals surface area contributed by atoms with Gasteiger partial charge in [0.2, 0.25) is 0 Å². The van der Waals surface area contributed by atoms with E-state index in [4.69, 9.17) is 0 Å². The Hall–Kier alpha value is -2.60. The molecule has 1 saturated carbocycles. The van der Waals surface area contributed by atoms with E-state index in [0.29, 0.717) is 24.2 Å². The molecule has 27 heavy (non-hydrogen) atoms. The predicted octanol–water partition coefficient (Wildman–Crippen LogP) is 2.77. The summed E-state index contributed by atoms with van der Waals surface area (Å²) in [5, 5.41) is 19.3. The second-order valence-electron chi connectivity index (χ2n) is 7.38. The summed E-state index contributed by atoms with van der Waals surface area (Å²) in [6.07, 6.45) is -2.29. The van der Waals surface area contributed by atoms with Gasteiger partial charge in [-0.1, -0.05) is 0 Å². The lowest BCUT2D eigenvalue weighted by atomic mass is 9.92. The van der Waals surface area contributed by atoms with Crippen LogP contribution in [0.15, 0.2) is 17.1 Å². The predicted molar refractivity (Wildman–Crippen MR) is 91.2 cm³/mol. The van der Waals surface area contributed by atoms with Gasteiger partial charge < -0.3 is 15.0 Å². The highest BCUT2D eigenvalue weighted by molar-refractivity contribution is 5.94. The second-order valence-corrected chi connectivity index (χ2v) is 7.38. The molecule has 1 aliphatic heterocycles. The van der Waals surface area contributed by atoms with Crippen molar-refractivity contribution in [3.05, 3.63) is 33.9 Å². The minimum atomic E-state index is -4.86. The van der Waals surface area contributed by atoms with Gasteiger partial charge in [0.05, 0.1) is 23.1 Å². The van der Waals surface area contributed by atoms with Crippen molar-refractivity contribution in [3.8, 4) is 6.07 Å². The SMILES string of the molecule is N#Cc1c(N2CCC3(CC2)CC3)c2cc(C(O)C(F)(F)F)ncc2[nH]c1=O. The molecular weight excluding hydrogens is 361 g/mol. The highest BCUT2D eigenvalue weighted by Crippen LogP contribution is 2.54. The van der Waals surface area contributed by atoms with Gasteiger partial charge in [-0.3, -0.25) is 9.78 Å². The number of nitriles is 1. The standard InChI is InChI=1S/C18H17F3N4O2/c19-18(20,21)15(26)12-7-10-13(9-23-12)24-16(27)11(8-22)14(10)25-5-3-17(1-2-17)4-6-25/h7,9,15,26H,1-6H2,(H,24,27). The van der Waals surface area contributed by atoms with Crippen molar-refractivity contribution in [3.63, 3.8) is 0 Å². The quantitative estimate of drug-likeness (QED) is 0.838. The van der Waals surface area contributed by atoms with Crippen LogP contribution in [0.25, 0.3) is 10.9 Å². The summed E-state index contributed by atoms with van der Waals surface area (Å²) in [6, 6.07) is 2.99. The third-order valence-corrected chi connectivity index (χ3v) is 5.69. The Morgan fingerprint density at radius 3 is 2.52 bits per heavy atom. The largest absolute Gasteiger partial charge is 0.420 e. The van der Waals surface area contributed by atoms with Crippen LogP contribution in [-0.4, -0.2) is 34.3 Å². The number of hydrogen-bond donors (Lipinski definition) is 2. The molecule has 1 aliphatic carbocycles. The first-order valence-electron chi connectivity index (χ1n) is 8.70. The maximum Gasteiger partial charge on any atom is 0.420 e. The highest BCUT2D eigenvalue weighted by atomic mass is 19.4. The van der Waals surface area contributed by atoms with Crippen molar-refractivity contribution in [2.45, 2.75) is 38.0 Å². The maximum atomic E-state index is 12.9. The Morgan fingerprint density at radius 2 is 1.96 bits per heavy atom. The van der Waals surface area contributed by atoms with E-state index in [9.17, 15) is 28.3 Å². The summed E-state index contributed by atoms with van der Waals surface area (Å²) < 4.78 is 38.6. The number of alkyl halides is 3. The Balaban J connectivity index is 1.86. The molecule has 2 aromatic heterocycles. The Bertz CT molecular complexity index is 995. The van der Waals surface area contributed by atoms with E-state index in [2.05, 4.69) is 9.97 Å². The number of H-pyrrole nitrogens is 1. The number of aliphatic hydroxyl groups excluding tert-OH is 1. The molecule has 9 heteroatoms. The molecule has 2 N–H and O–H groups in total. The molecule has 1 saturated heterocycles. The Morgan fingerprint density at radius 1 is 1.30 bits per heavy atom. The number of piperidine rings is 1. The molecule has 3 heterocycles. The van der Waals surface area contributed by atoms with Gasteiger partial charge in [0, 0.05) is 18.5 Å². The molecular formula is C18H17F3N4O2. The number of nitrogens with zero attached hydrogens (tertiary/aromatic N) is 3. The lowest BCUT2D eigenvalue weighted by Crippen LogP contribution is -2.36. The summed E-state index contributed by atoms with van der Waals surface area (Å²) in [7, 11) is 0. The van der Waals surface area contributed by atoms with Gasteiger partial charge in [0.25, 0.3) is 5.56 Å². The van der Waals surface area contributed by atoms with Gasteiger partial charge in [0.1, 0.15) is 11.6 Å². The number of rotatable bonds is 2. The number of hydrogen-bond acceptors (Lipinski definition) is 5. The molecule has 0 aromatic carbocycles. The van der Waals surface area contributed by atoms with Crippen LogP contribution in [0.3, 0.4) is 0 Å². The first-order chi connectivity index (χ1) is 12.7. The fourth-order valence-corrected chi connectivity index (χ4v) is 3.82. The van der Waals surface area contributed by atoms with E-state index >= 15 is 0 Å². The van der Waals surface area contributed by atoms with Crippen molar-refractivity contribution >= 4 is 16.6 Å². The fraction of sp³-hybridized carbons (Fsp3) is 0.500. The number of nitrogens with one attached hydrogen (secondary N) is 1. The molecule has 0 radical (unpaired) electrons. The van der Waals surface area contributed by atoms with Gasteiger partial charge in [-0.25, -0.2) is 0 Å². The monoisotopic (exact) mass is 378 g/mol. The first-order valence-corrected chi connectivity index (χ1v) is 8.70. The molecule has 1 spiro atoms. The van der Waals surface area contributed by atoms with E-state index in [1.54, 1.807) is 0 Å². The summed E-state index contributed by atoms with van der Waals surface area (Å²) in [5.41, 5.74) is -0.378. The lowest BCUT2D eigenvalue weighted by Gasteiger charge is -2.34. The average molecular weight is 378 g/mol. The van der Waals surface area contributed by atoms with E-state index in [1.807, 2.05) is 11.0 Å². The zero-order chi connectivity index (χ0) is 19.4. The summed E-state index contributed by atoms with van der Waals surface area (Å²) in [6.45, 7) is 1.26. The number of anilines is 1. The Kier molecular flexibility index (Phi) is 3.93. The molecule has 4 rings (SSSR count). The number of aromatic nitrogens is 2. The second kappa shape index (κ2) is 5.96. The minimum Gasteiger partial charge on any atom is -0.378 e. The molecule has 0 amide bonds. The molecule has 1 unspecified atom stereocenters. The maximum absolute atomic E-state index is 12.9. The fourth-order valence-electron chi connectivity index (χ4n) is 3.82. The number of halogens is 3. The van der Waals surface area contributed by atoms with Gasteiger partial charge in [-0.15, -0.1) is 0 Å². The van der Waals surface area contributed by atoms with Crippen LogP contribution < -0.4 is 10.5 Å². The van der Waals surface area contributed by atoms with Crippen LogP contribution in [0.1, 0.15) is 43.0 Å². The topological polar surface area (TPSA) is 93.0 Å². The number of aromatic amines is 1. The van der Waals surface area contributed by atoms with Crippen molar-refractivity contribution in [2.24, 2.45) is 5.41 Å². The van der Waals surface area contributed by atoms with Crippen LogP contribution in [0.5, 0.6) is 0 Å². The van der Waals surface area contributed by atoms with E-state index in [-0.39, 0.29) is 16.5 Å². The van der Waals surface area contributed by atoms with Crippen molar-refractivity contribution in [2.75, 3.05) is 18.0 Å². The first kappa shape index (κ1) is 17.8. The van der Waals surface area contributed by atoms with Crippen LogP contribution in [0.2, 0.25) is 0 Å². The number of fused-ring (bicyclic) bond motifs is 1. The normalized spacial score (nSPS) is 19.9. The highest BCUT2D eigenvalue weighted by Gasteiger charge is 2.45. The van der Waals surface area contributed by atoms with Crippen LogP contribution in [0.4, 0.5) is 18.9 Å². The van der Waals surface area contributed by atoms with Crippen molar-refractivity contribution < 1.29 is 18.3 Å². The summed E-state index contributed by atoms with van der Waals surface area (Å²) in [4.78, 5) is 20.3. The molecule has 2 fully saturated rings. The summed E-state index contributed by atoms with van der Waals surface area (Å²) in [5.74, 6) is 0. The Labute approximate surface area is 152 Å². The smallest absolute Gasteiger partial charge is 0.378 e. The van der Waals surface area contributed by atoms with E-state index in [1.165, 1.54) is 12.8 Å². The van der Waals surface area contributed by atoms with Crippen molar-refractivity contribution in [1.82, 2.24) is 9.97 Å². The van der Waals surface area contributed by atoms with E-state index in [0.717, 1.165) is 25.1 Å².